The van der Waals surface area contributed by atoms with E-state index in [1.165, 1.54) is 11.8 Å². The van der Waals surface area contributed by atoms with Crippen LogP contribution in [0.3, 0.4) is 0 Å². The molecule has 1 atom stereocenters. The number of likely N-dealkylation sites (tertiary alicyclic amines) is 1. The number of aromatic nitrogens is 3. The monoisotopic (exact) mass is 465 g/mol. The summed E-state index contributed by atoms with van der Waals surface area (Å²) in [5, 5.41) is 2.78. The number of hydrogen-bond acceptors (Lipinski definition) is 6. The maximum absolute atomic E-state index is 12.8. The highest BCUT2D eigenvalue weighted by atomic mass is 19.4. The number of hydrogen-bond donors (Lipinski definition) is 2. The summed E-state index contributed by atoms with van der Waals surface area (Å²) in [6.07, 6.45) is -8.49. The van der Waals surface area contributed by atoms with E-state index in [1.54, 1.807) is 0 Å². The quantitative estimate of drug-likeness (QED) is 0.659. The van der Waals surface area contributed by atoms with Crippen LogP contribution in [-0.2, 0) is 23.5 Å². The lowest BCUT2D eigenvalue weighted by Gasteiger charge is -2.39. The van der Waals surface area contributed by atoms with Crippen molar-refractivity contribution in [3.05, 3.63) is 51.7 Å². The number of carbonyl (C=O) groups excluding carboxylic acids is 1. The van der Waals surface area contributed by atoms with Crippen LogP contribution in [0.15, 0.2) is 29.5 Å². The molecular formula is C18H17F6N5O3. The van der Waals surface area contributed by atoms with E-state index in [-0.39, 0.29) is 37.1 Å². The van der Waals surface area contributed by atoms with Gasteiger partial charge in [-0.25, -0.2) is 14.8 Å². The number of halogens is 6. The summed E-state index contributed by atoms with van der Waals surface area (Å²) in [7, 11) is 0. The van der Waals surface area contributed by atoms with Crippen LogP contribution in [0, 0.1) is 0 Å². The van der Waals surface area contributed by atoms with Gasteiger partial charge in [-0.05, 0) is 18.6 Å². The van der Waals surface area contributed by atoms with Crippen molar-refractivity contribution in [2.45, 2.75) is 37.8 Å². The summed E-state index contributed by atoms with van der Waals surface area (Å²) >= 11 is 0. The van der Waals surface area contributed by atoms with Crippen LogP contribution in [0.2, 0.25) is 0 Å². The first-order valence-electron chi connectivity index (χ1n) is 9.23. The van der Waals surface area contributed by atoms with Gasteiger partial charge in [0.2, 0.25) is 5.95 Å². The first-order valence-corrected chi connectivity index (χ1v) is 9.23. The van der Waals surface area contributed by atoms with E-state index in [4.69, 9.17) is 4.74 Å². The molecule has 2 N–H and O–H groups in total. The Bertz CT molecular complexity index is 1020. The highest BCUT2D eigenvalue weighted by Crippen LogP contribution is 2.28. The fourth-order valence-corrected chi connectivity index (χ4v) is 2.93. The van der Waals surface area contributed by atoms with Crippen LogP contribution in [0.25, 0.3) is 0 Å². The molecule has 1 aliphatic heterocycles. The number of H-pyrrole nitrogens is 1. The van der Waals surface area contributed by atoms with Gasteiger partial charge in [-0.15, -0.1) is 0 Å². The Labute approximate surface area is 176 Å². The van der Waals surface area contributed by atoms with Crippen molar-refractivity contribution < 1.29 is 35.9 Å². The van der Waals surface area contributed by atoms with Crippen LogP contribution in [0.1, 0.15) is 23.6 Å². The molecule has 1 fully saturated rings. The Morgan fingerprint density at radius 1 is 1.22 bits per heavy atom. The predicted octanol–water partition coefficient (Wildman–Crippen LogP) is 3.07. The number of amides is 1. The number of carbonyl (C=O) groups is 1. The van der Waals surface area contributed by atoms with Gasteiger partial charge in [0.1, 0.15) is 11.7 Å². The van der Waals surface area contributed by atoms with E-state index in [1.807, 2.05) is 4.98 Å². The summed E-state index contributed by atoms with van der Waals surface area (Å²) < 4.78 is 81.2. The van der Waals surface area contributed by atoms with Crippen molar-refractivity contribution in [3.8, 4) is 0 Å². The molecule has 1 aliphatic rings. The zero-order valence-electron chi connectivity index (χ0n) is 16.4. The second-order valence-electron chi connectivity index (χ2n) is 7.19. The molecule has 8 nitrogen and oxygen atoms in total. The van der Waals surface area contributed by atoms with Crippen LogP contribution in [-0.4, -0.2) is 51.2 Å². The van der Waals surface area contributed by atoms with Crippen molar-refractivity contribution in [3.63, 3.8) is 0 Å². The summed E-state index contributed by atoms with van der Waals surface area (Å²) in [4.78, 5) is 33.9. The molecule has 0 spiro atoms. The lowest BCUT2D eigenvalue weighted by atomic mass is 10.1. The standard InChI is InChI=1S/C18H17F6N5O3/c1-9(2-10-3-13(18(22,23)24)14(30)25-4-10)32-16(31)29-7-12(8-29)28-15-26-5-11(6-27-15)17(19,20)21/h3-6,9,12H,2,7-8H2,1H3,(H,25,30)(H,26,27,28). The highest BCUT2D eigenvalue weighted by Gasteiger charge is 2.35. The Kier molecular flexibility index (Phi) is 6.32. The number of anilines is 1. The largest absolute Gasteiger partial charge is 0.446 e. The van der Waals surface area contributed by atoms with Crippen molar-refractivity contribution in [1.29, 1.82) is 0 Å². The molecule has 32 heavy (non-hydrogen) atoms. The Morgan fingerprint density at radius 3 is 2.41 bits per heavy atom. The molecule has 174 valence electrons. The molecule has 1 saturated heterocycles. The van der Waals surface area contributed by atoms with Gasteiger partial charge in [0.05, 0.1) is 11.6 Å². The molecule has 1 amide bonds. The first kappa shape index (κ1) is 23.3. The Balaban J connectivity index is 1.47. The molecular weight excluding hydrogens is 448 g/mol. The third-order valence-corrected chi connectivity index (χ3v) is 4.55. The second kappa shape index (κ2) is 8.67. The number of aromatic amines is 1. The van der Waals surface area contributed by atoms with Gasteiger partial charge in [-0.1, -0.05) is 0 Å². The minimum Gasteiger partial charge on any atom is -0.446 e. The molecule has 14 heteroatoms. The van der Waals surface area contributed by atoms with Gasteiger partial charge in [-0.2, -0.15) is 26.3 Å². The van der Waals surface area contributed by atoms with E-state index < -0.39 is 41.2 Å². The van der Waals surface area contributed by atoms with Crippen molar-refractivity contribution >= 4 is 12.0 Å². The summed E-state index contributed by atoms with van der Waals surface area (Å²) in [5.74, 6) is -0.0251. The Hall–Kier alpha value is -3.32. The summed E-state index contributed by atoms with van der Waals surface area (Å²) in [6.45, 7) is 1.83. The molecule has 0 bridgehead atoms. The normalized spacial score (nSPS) is 15.8. The second-order valence-corrected chi connectivity index (χ2v) is 7.19. The van der Waals surface area contributed by atoms with Gasteiger partial charge in [0.15, 0.2) is 0 Å². The number of rotatable bonds is 5. The Morgan fingerprint density at radius 2 is 1.84 bits per heavy atom. The minimum absolute atomic E-state index is 0.0251. The average Bonchev–Trinajstić information content (AvgIpc) is 2.64. The molecule has 0 saturated carbocycles. The highest BCUT2D eigenvalue weighted by molar-refractivity contribution is 5.69. The molecule has 3 rings (SSSR count). The molecule has 2 aromatic heterocycles. The van der Waals surface area contributed by atoms with Gasteiger partial charge in [-0.3, -0.25) is 4.79 Å². The van der Waals surface area contributed by atoms with E-state index in [0.717, 1.165) is 6.20 Å². The van der Waals surface area contributed by atoms with Crippen molar-refractivity contribution in [1.82, 2.24) is 19.9 Å². The van der Waals surface area contributed by atoms with E-state index >= 15 is 0 Å². The molecule has 2 aromatic rings. The smallest absolute Gasteiger partial charge is 0.421 e. The lowest BCUT2D eigenvalue weighted by Crippen LogP contribution is -2.57. The molecule has 0 aromatic carbocycles. The number of alkyl halides is 6. The first-order chi connectivity index (χ1) is 14.8. The maximum Gasteiger partial charge on any atom is 0.421 e. The van der Waals surface area contributed by atoms with E-state index in [2.05, 4.69) is 15.3 Å². The molecule has 0 aliphatic carbocycles. The van der Waals surface area contributed by atoms with Gasteiger partial charge in [0.25, 0.3) is 5.56 Å². The molecule has 1 unspecified atom stereocenters. The topological polar surface area (TPSA) is 100 Å². The zero-order valence-corrected chi connectivity index (χ0v) is 16.4. The van der Waals surface area contributed by atoms with Crippen molar-refractivity contribution in [2.75, 3.05) is 18.4 Å². The predicted molar refractivity (Wildman–Crippen MR) is 97.7 cm³/mol. The SMILES string of the molecule is CC(Cc1c[nH]c(=O)c(C(F)(F)F)c1)OC(=O)N1CC(Nc2ncc(C(F)(F)F)cn2)C1. The van der Waals surface area contributed by atoms with E-state index in [9.17, 15) is 35.9 Å². The fraction of sp³-hybridized carbons (Fsp3) is 0.444. The van der Waals surface area contributed by atoms with Gasteiger partial charge < -0.3 is 19.9 Å². The summed E-state index contributed by atoms with van der Waals surface area (Å²) in [6, 6.07) is 0.403. The fourth-order valence-electron chi connectivity index (χ4n) is 2.93. The van der Waals surface area contributed by atoms with Crippen LogP contribution in [0.4, 0.5) is 37.1 Å². The number of pyridine rings is 1. The third-order valence-electron chi connectivity index (χ3n) is 4.55. The minimum atomic E-state index is -4.81. The molecule has 0 radical (unpaired) electrons. The average molecular weight is 465 g/mol. The van der Waals surface area contributed by atoms with Crippen molar-refractivity contribution in [2.24, 2.45) is 0 Å². The summed E-state index contributed by atoms with van der Waals surface area (Å²) in [5.41, 5.74) is -3.45. The number of ether oxygens (including phenoxy) is 1. The number of nitrogens with one attached hydrogen (secondary N) is 2. The maximum atomic E-state index is 12.8. The van der Waals surface area contributed by atoms with Crippen LogP contribution in [0.5, 0.6) is 0 Å². The zero-order chi connectivity index (χ0) is 23.7. The van der Waals surface area contributed by atoms with Gasteiger partial charge >= 0.3 is 18.4 Å². The number of nitrogens with zero attached hydrogens (tertiary/aromatic N) is 3. The lowest BCUT2D eigenvalue weighted by molar-refractivity contribution is -0.139. The third kappa shape index (κ3) is 5.68. The van der Waals surface area contributed by atoms with E-state index in [0.29, 0.717) is 18.5 Å². The molecule has 3 heterocycles. The van der Waals surface area contributed by atoms with Crippen LogP contribution >= 0.6 is 0 Å². The van der Waals surface area contributed by atoms with Crippen LogP contribution < -0.4 is 10.9 Å². The van der Waals surface area contributed by atoms with Gasteiger partial charge in [0, 0.05) is 38.1 Å².